The highest BCUT2D eigenvalue weighted by molar-refractivity contribution is 4.88. The Kier molecular flexibility index (Phi) is 7.66. The summed E-state index contributed by atoms with van der Waals surface area (Å²) in [5, 5.41) is 0. The maximum atomic E-state index is 2.57. The summed E-state index contributed by atoms with van der Waals surface area (Å²) in [5.74, 6) is 1.96. The van der Waals surface area contributed by atoms with Gasteiger partial charge in [-0.1, -0.05) is 82.8 Å². The van der Waals surface area contributed by atoms with E-state index in [0.29, 0.717) is 0 Å². The second kappa shape index (κ2) is 9.61. The van der Waals surface area contributed by atoms with Crippen LogP contribution in [0.5, 0.6) is 0 Å². The molecule has 0 heterocycles. The average Bonchev–Trinajstić information content (AvgIpc) is 2.46. The first-order valence-corrected chi connectivity index (χ1v) is 9.12. The second-order valence-corrected chi connectivity index (χ2v) is 6.97. The van der Waals surface area contributed by atoms with E-state index >= 15 is 0 Å². The van der Waals surface area contributed by atoms with Gasteiger partial charge in [0.1, 0.15) is 0 Å². The smallest absolute Gasteiger partial charge is 0.0234 e. The van der Waals surface area contributed by atoms with Crippen molar-refractivity contribution in [2.75, 3.05) is 0 Å². The van der Waals surface area contributed by atoms with Gasteiger partial charge in [0.15, 0.2) is 0 Å². The standard InChI is InChI=1S/C19H34/c1-2-7-13-19-15-9-4-3-8-14-18(12-6-1)16-10-5-11-17-19/h6,12,18-19H,1-5,7-11,13-17H2. The number of hydrogen-bond acceptors (Lipinski definition) is 0. The summed E-state index contributed by atoms with van der Waals surface area (Å²) >= 11 is 0. The maximum Gasteiger partial charge on any atom is -0.0234 e. The van der Waals surface area contributed by atoms with E-state index in [2.05, 4.69) is 12.2 Å². The van der Waals surface area contributed by atoms with Crippen LogP contribution >= 0.6 is 0 Å². The average molecular weight is 262 g/mol. The third-order valence-electron chi connectivity index (χ3n) is 5.27. The number of allylic oxidation sites excluding steroid dienone is 2. The van der Waals surface area contributed by atoms with Gasteiger partial charge in [-0.2, -0.15) is 0 Å². The molecule has 2 aliphatic carbocycles. The molecular weight excluding hydrogens is 228 g/mol. The Morgan fingerprint density at radius 1 is 0.526 bits per heavy atom. The van der Waals surface area contributed by atoms with Gasteiger partial charge in [-0.05, 0) is 37.5 Å². The fourth-order valence-corrected chi connectivity index (χ4v) is 3.96. The molecule has 0 heteroatoms. The molecule has 0 aromatic rings. The normalized spacial score (nSPS) is 32.0. The molecule has 0 aromatic carbocycles. The van der Waals surface area contributed by atoms with E-state index in [0.717, 1.165) is 11.8 Å². The molecule has 0 spiro atoms. The molecule has 2 aliphatic rings. The van der Waals surface area contributed by atoms with Gasteiger partial charge in [0.2, 0.25) is 0 Å². The van der Waals surface area contributed by atoms with Crippen LogP contribution in [0.25, 0.3) is 0 Å². The largest absolute Gasteiger partial charge is 0.0883 e. The molecule has 0 radical (unpaired) electrons. The van der Waals surface area contributed by atoms with Crippen molar-refractivity contribution in [1.82, 2.24) is 0 Å². The first-order chi connectivity index (χ1) is 9.45. The van der Waals surface area contributed by atoms with E-state index in [4.69, 9.17) is 0 Å². The molecular formula is C19H34. The second-order valence-electron chi connectivity index (χ2n) is 6.97. The van der Waals surface area contributed by atoms with Gasteiger partial charge in [0.25, 0.3) is 0 Å². The molecule has 0 N–H and O–H groups in total. The van der Waals surface area contributed by atoms with E-state index in [1.165, 1.54) is 96.3 Å². The van der Waals surface area contributed by atoms with Crippen LogP contribution in [-0.4, -0.2) is 0 Å². The van der Waals surface area contributed by atoms with E-state index in [-0.39, 0.29) is 0 Å². The third kappa shape index (κ3) is 6.63. The van der Waals surface area contributed by atoms with E-state index < -0.39 is 0 Å². The highest BCUT2D eigenvalue weighted by Gasteiger charge is 2.11. The van der Waals surface area contributed by atoms with Gasteiger partial charge in [-0.3, -0.25) is 0 Å². The lowest BCUT2D eigenvalue weighted by Gasteiger charge is -2.16. The van der Waals surface area contributed by atoms with Crippen LogP contribution in [0.2, 0.25) is 0 Å². The quantitative estimate of drug-likeness (QED) is 0.428. The molecule has 0 saturated heterocycles. The van der Waals surface area contributed by atoms with Crippen LogP contribution in [0, 0.1) is 11.8 Å². The van der Waals surface area contributed by atoms with Gasteiger partial charge in [-0.15, -0.1) is 0 Å². The molecule has 2 rings (SSSR count). The van der Waals surface area contributed by atoms with Gasteiger partial charge >= 0.3 is 0 Å². The summed E-state index contributed by atoms with van der Waals surface area (Å²) in [5.41, 5.74) is 0. The van der Waals surface area contributed by atoms with Crippen molar-refractivity contribution in [3.63, 3.8) is 0 Å². The Hall–Kier alpha value is -0.260. The molecule has 2 atom stereocenters. The monoisotopic (exact) mass is 262 g/mol. The maximum absolute atomic E-state index is 2.57. The highest BCUT2D eigenvalue weighted by Crippen LogP contribution is 2.27. The molecule has 0 amide bonds. The Balaban J connectivity index is 1.95. The molecule has 19 heavy (non-hydrogen) atoms. The summed E-state index contributed by atoms with van der Waals surface area (Å²) in [7, 11) is 0. The molecule has 1 fully saturated rings. The van der Waals surface area contributed by atoms with Gasteiger partial charge in [0.05, 0.1) is 0 Å². The van der Waals surface area contributed by atoms with Crippen molar-refractivity contribution in [2.24, 2.45) is 11.8 Å². The van der Waals surface area contributed by atoms with E-state index in [1.807, 2.05) is 0 Å². The Bertz CT molecular complexity index is 240. The molecule has 0 aliphatic heterocycles. The number of fused-ring (bicyclic) bond motifs is 6. The number of hydrogen-bond donors (Lipinski definition) is 0. The van der Waals surface area contributed by atoms with E-state index in [9.17, 15) is 0 Å². The van der Waals surface area contributed by atoms with Gasteiger partial charge in [0, 0.05) is 0 Å². The zero-order chi connectivity index (χ0) is 13.2. The van der Waals surface area contributed by atoms with Crippen LogP contribution in [0.3, 0.4) is 0 Å². The molecule has 110 valence electrons. The Labute approximate surface area is 121 Å². The zero-order valence-corrected chi connectivity index (χ0v) is 12.9. The van der Waals surface area contributed by atoms with Crippen LogP contribution in [-0.2, 0) is 0 Å². The first-order valence-electron chi connectivity index (χ1n) is 9.12. The molecule has 0 aromatic heterocycles. The summed E-state index contributed by atoms with van der Waals surface area (Å²) < 4.78 is 0. The van der Waals surface area contributed by atoms with Crippen molar-refractivity contribution >= 4 is 0 Å². The predicted octanol–water partition coefficient (Wildman–Crippen LogP) is 6.65. The topological polar surface area (TPSA) is 0 Å². The molecule has 0 nitrogen and oxygen atoms in total. The fraction of sp³-hybridized carbons (Fsp3) is 0.895. The van der Waals surface area contributed by atoms with Crippen LogP contribution in [0.1, 0.15) is 96.3 Å². The minimum atomic E-state index is 0.900. The molecule has 2 bridgehead atoms. The molecule has 1 saturated carbocycles. The van der Waals surface area contributed by atoms with Gasteiger partial charge < -0.3 is 0 Å². The van der Waals surface area contributed by atoms with Crippen LogP contribution in [0.4, 0.5) is 0 Å². The van der Waals surface area contributed by atoms with Crippen LogP contribution < -0.4 is 0 Å². The third-order valence-corrected chi connectivity index (χ3v) is 5.27. The van der Waals surface area contributed by atoms with Crippen molar-refractivity contribution in [1.29, 1.82) is 0 Å². The Morgan fingerprint density at radius 2 is 1.05 bits per heavy atom. The van der Waals surface area contributed by atoms with E-state index in [1.54, 1.807) is 0 Å². The summed E-state index contributed by atoms with van der Waals surface area (Å²) in [4.78, 5) is 0. The van der Waals surface area contributed by atoms with Gasteiger partial charge in [-0.25, -0.2) is 0 Å². The first kappa shape index (κ1) is 15.1. The molecule has 2 unspecified atom stereocenters. The lowest BCUT2D eigenvalue weighted by molar-refractivity contribution is 0.372. The number of rotatable bonds is 0. The highest BCUT2D eigenvalue weighted by atomic mass is 14.2. The zero-order valence-electron chi connectivity index (χ0n) is 12.9. The van der Waals surface area contributed by atoms with Crippen molar-refractivity contribution < 1.29 is 0 Å². The lowest BCUT2D eigenvalue weighted by Crippen LogP contribution is -2.01. The fourth-order valence-electron chi connectivity index (χ4n) is 3.96. The predicted molar refractivity (Wildman–Crippen MR) is 85.4 cm³/mol. The van der Waals surface area contributed by atoms with Crippen molar-refractivity contribution in [3.8, 4) is 0 Å². The minimum Gasteiger partial charge on any atom is -0.0883 e. The SMILES string of the molecule is C1=CC2CCCCCCC(CCCC1)CCCCC2. The van der Waals surface area contributed by atoms with Crippen LogP contribution in [0.15, 0.2) is 12.2 Å². The summed E-state index contributed by atoms with van der Waals surface area (Å²) in [6.45, 7) is 0. The lowest BCUT2D eigenvalue weighted by atomic mass is 9.90. The summed E-state index contributed by atoms with van der Waals surface area (Å²) in [6.07, 6.45) is 27.2. The summed E-state index contributed by atoms with van der Waals surface area (Å²) in [6, 6.07) is 0. The minimum absolute atomic E-state index is 0.900. The van der Waals surface area contributed by atoms with Crippen molar-refractivity contribution in [2.45, 2.75) is 96.3 Å². The van der Waals surface area contributed by atoms with Crippen molar-refractivity contribution in [3.05, 3.63) is 12.2 Å². The Morgan fingerprint density at radius 3 is 1.74 bits per heavy atom.